The lowest BCUT2D eigenvalue weighted by atomic mass is 10.2. The van der Waals surface area contributed by atoms with Crippen molar-refractivity contribution in [1.29, 1.82) is 0 Å². The summed E-state index contributed by atoms with van der Waals surface area (Å²) in [7, 11) is 0. The van der Waals surface area contributed by atoms with Gasteiger partial charge in [-0.05, 0) is 43.1 Å². The van der Waals surface area contributed by atoms with Gasteiger partial charge in [0, 0.05) is 0 Å². The molecule has 0 aliphatic carbocycles. The molecule has 0 atom stereocenters. The molecule has 8 heteroatoms. The van der Waals surface area contributed by atoms with Gasteiger partial charge < -0.3 is 5.32 Å². The normalized spacial score (nSPS) is 10.4. The van der Waals surface area contributed by atoms with E-state index in [0.29, 0.717) is 0 Å². The van der Waals surface area contributed by atoms with Crippen LogP contribution in [0.3, 0.4) is 0 Å². The Morgan fingerprint density at radius 3 is 2.65 bits per heavy atom. The number of nitrogens with zero attached hydrogens (tertiary/aromatic N) is 3. The first-order valence-electron chi connectivity index (χ1n) is 5.60. The molecule has 0 saturated heterocycles. The first-order chi connectivity index (χ1) is 9.38. The molecule has 0 amide bonds. The third kappa shape index (κ3) is 2.83. The Hall–Kier alpha value is -2.28. The Balaban J connectivity index is 2.50. The maximum absolute atomic E-state index is 13.8. The topological polar surface area (TPSA) is 81.0 Å². The highest BCUT2D eigenvalue weighted by molar-refractivity contribution is 6.28. The van der Waals surface area contributed by atoms with Crippen LogP contribution in [0.4, 0.5) is 21.6 Å². The van der Waals surface area contributed by atoms with Crippen molar-refractivity contribution in [1.82, 2.24) is 9.97 Å². The van der Waals surface area contributed by atoms with E-state index in [1.807, 2.05) is 0 Å². The minimum Gasteiger partial charge on any atom is -0.332 e. The van der Waals surface area contributed by atoms with Gasteiger partial charge in [-0.25, -0.2) is 9.37 Å². The van der Waals surface area contributed by atoms with E-state index in [4.69, 9.17) is 11.6 Å². The van der Waals surface area contributed by atoms with E-state index in [0.717, 1.165) is 5.56 Å². The molecule has 1 heterocycles. The van der Waals surface area contributed by atoms with Crippen molar-refractivity contribution < 1.29 is 9.31 Å². The van der Waals surface area contributed by atoms with Crippen LogP contribution < -0.4 is 5.32 Å². The molecule has 6 nitrogen and oxygen atoms in total. The van der Waals surface area contributed by atoms with E-state index in [1.54, 1.807) is 13.0 Å². The average Bonchev–Trinajstić information content (AvgIpc) is 2.31. The van der Waals surface area contributed by atoms with Crippen molar-refractivity contribution in [2.24, 2.45) is 0 Å². The lowest BCUT2D eigenvalue weighted by Crippen LogP contribution is -2.05. The molecule has 0 unspecified atom stereocenters. The molecular weight excluding hydrogens is 287 g/mol. The van der Waals surface area contributed by atoms with Gasteiger partial charge in [0.1, 0.15) is 11.5 Å². The highest BCUT2D eigenvalue weighted by Crippen LogP contribution is 2.30. The van der Waals surface area contributed by atoms with Gasteiger partial charge in [-0.1, -0.05) is 6.07 Å². The number of nitro groups is 1. The summed E-state index contributed by atoms with van der Waals surface area (Å²) in [6.07, 6.45) is 0. The molecule has 1 N–H and O–H groups in total. The second-order valence-corrected chi connectivity index (χ2v) is 4.48. The SMILES string of the molecule is Cc1ccc(Nc2nc(Cl)nc(C)c2[N+](=O)[O-])c(F)c1. The maximum Gasteiger partial charge on any atom is 0.332 e. The third-order valence-electron chi connectivity index (χ3n) is 2.59. The van der Waals surface area contributed by atoms with Crippen molar-refractivity contribution in [3.63, 3.8) is 0 Å². The molecule has 2 aromatic rings. The highest BCUT2D eigenvalue weighted by atomic mass is 35.5. The maximum atomic E-state index is 13.8. The van der Waals surface area contributed by atoms with E-state index >= 15 is 0 Å². The van der Waals surface area contributed by atoms with Crippen LogP contribution in [0.15, 0.2) is 18.2 Å². The summed E-state index contributed by atoms with van der Waals surface area (Å²) < 4.78 is 13.8. The minimum atomic E-state index is -0.639. The number of rotatable bonds is 3. The minimum absolute atomic E-state index is 0.0767. The highest BCUT2D eigenvalue weighted by Gasteiger charge is 2.22. The van der Waals surface area contributed by atoms with Crippen LogP contribution in [-0.4, -0.2) is 14.9 Å². The fourth-order valence-electron chi connectivity index (χ4n) is 1.69. The van der Waals surface area contributed by atoms with Crippen molar-refractivity contribution in [2.75, 3.05) is 5.32 Å². The van der Waals surface area contributed by atoms with E-state index in [2.05, 4.69) is 15.3 Å². The zero-order valence-corrected chi connectivity index (χ0v) is 11.4. The number of anilines is 2. The lowest BCUT2D eigenvalue weighted by Gasteiger charge is -2.09. The first kappa shape index (κ1) is 14.1. The molecule has 1 aromatic carbocycles. The molecule has 0 spiro atoms. The van der Waals surface area contributed by atoms with Gasteiger partial charge in [-0.2, -0.15) is 4.98 Å². The van der Waals surface area contributed by atoms with Gasteiger partial charge >= 0.3 is 5.69 Å². The number of benzene rings is 1. The van der Waals surface area contributed by atoms with Gasteiger partial charge in [0.2, 0.25) is 11.1 Å². The molecule has 0 radical (unpaired) electrons. The molecular formula is C12H10ClFN4O2. The Kier molecular flexibility index (Phi) is 3.80. The average molecular weight is 297 g/mol. The van der Waals surface area contributed by atoms with Gasteiger partial charge in [-0.15, -0.1) is 0 Å². The van der Waals surface area contributed by atoms with Gasteiger partial charge in [0.05, 0.1) is 10.6 Å². The van der Waals surface area contributed by atoms with Crippen molar-refractivity contribution in [3.05, 3.63) is 50.7 Å². The second-order valence-electron chi connectivity index (χ2n) is 4.14. The third-order valence-corrected chi connectivity index (χ3v) is 2.76. The fourth-order valence-corrected chi connectivity index (χ4v) is 1.90. The largest absolute Gasteiger partial charge is 0.332 e. The van der Waals surface area contributed by atoms with Gasteiger partial charge in [0.15, 0.2) is 0 Å². The van der Waals surface area contributed by atoms with Crippen molar-refractivity contribution in [3.8, 4) is 0 Å². The summed E-state index contributed by atoms with van der Waals surface area (Å²) >= 11 is 5.68. The number of halogens is 2. The lowest BCUT2D eigenvalue weighted by molar-refractivity contribution is -0.385. The smallest absolute Gasteiger partial charge is 0.332 e. The molecule has 2 rings (SSSR count). The summed E-state index contributed by atoms with van der Waals surface area (Å²) in [5.41, 5.74) is 0.576. The standard InChI is InChI=1S/C12H10ClFN4O2/c1-6-3-4-9(8(14)5-6)16-11-10(18(19)20)7(2)15-12(13)17-11/h3-5H,1-2H3,(H,15,16,17). The predicted molar refractivity (Wildman–Crippen MR) is 72.9 cm³/mol. The number of hydrogen-bond donors (Lipinski definition) is 1. The Labute approximate surface area is 118 Å². The zero-order chi connectivity index (χ0) is 14.9. The summed E-state index contributed by atoms with van der Waals surface area (Å²) in [6.45, 7) is 3.17. The van der Waals surface area contributed by atoms with Crippen LogP contribution in [0.2, 0.25) is 5.28 Å². The molecule has 0 bridgehead atoms. The molecule has 0 saturated carbocycles. The predicted octanol–water partition coefficient (Wildman–Crippen LogP) is 3.54. The second kappa shape index (κ2) is 5.38. The summed E-state index contributed by atoms with van der Waals surface area (Å²) in [5, 5.41) is 13.5. The monoisotopic (exact) mass is 296 g/mol. The van der Waals surface area contributed by atoms with Gasteiger partial charge in [0.25, 0.3) is 0 Å². The van der Waals surface area contributed by atoms with Crippen LogP contribution in [0, 0.1) is 29.8 Å². The van der Waals surface area contributed by atoms with Crippen LogP contribution in [0.5, 0.6) is 0 Å². The molecule has 0 aliphatic heterocycles. The van der Waals surface area contributed by atoms with E-state index < -0.39 is 10.7 Å². The fraction of sp³-hybridized carbons (Fsp3) is 0.167. The van der Waals surface area contributed by atoms with E-state index in [1.165, 1.54) is 19.1 Å². The number of aryl methyl sites for hydroxylation is 2. The Morgan fingerprint density at radius 2 is 2.05 bits per heavy atom. The molecule has 0 aliphatic rings. The first-order valence-corrected chi connectivity index (χ1v) is 5.98. The van der Waals surface area contributed by atoms with Crippen LogP contribution >= 0.6 is 11.6 Å². The number of aromatic nitrogens is 2. The summed E-state index contributed by atoms with van der Waals surface area (Å²) in [5.74, 6) is -0.679. The Bertz CT molecular complexity index is 693. The van der Waals surface area contributed by atoms with E-state index in [-0.39, 0.29) is 28.2 Å². The molecule has 20 heavy (non-hydrogen) atoms. The van der Waals surface area contributed by atoms with E-state index in [9.17, 15) is 14.5 Å². The Morgan fingerprint density at radius 1 is 1.35 bits per heavy atom. The van der Waals surface area contributed by atoms with Gasteiger partial charge in [-0.3, -0.25) is 10.1 Å². The van der Waals surface area contributed by atoms with Crippen LogP contribution in [0.25, 0.3) is 0 Å². The van der Waals surface area contributed by atoms with Crippen LogP contribution in [0.1, 0.15) is 11.3 Å². The summed E-state index contributed by atoms with van der Waals surface area (Å²) in [4.78, 5) is 17.9. The molecule has 104 valence electrons. The molecule has 0 fully saturated rings. The van der Waals surface area contributed by atoms with Crippen molar-refractivity contribution in [2.45, 2.75) is 13.8 Å². The van der Waals surface area contributed by atoms with Crippen molar-refractivity contribution >= 4 is 28.8 Å². The number of nitrogens with one attached hydrogen (secondary N) is 1. The summed E-state index contributed by atoms with van der Waals surface area (Å²) in [6, 6.07) is 4.45. The molecule has 1 aromatic heterocycles. The quantitative estimate of drug-likeness (QED) is 0.532. The number of hydrogen-bond acceptors (Lipinski definition) is 5. The van der Waals surface area contributed by atoms with Crippen LogP contribution in [-0.2, 0) is 0 Å². The zero-order valence-electron chi connectivity index (χ0n) is 10.6.